The molecule has 2 aliphatic carbocycles. The second-order valence-electron chi connectivity index (χ2n) is 13.7. The van der Waals surface area contributed by atoms with Gasteiger partial charge >= 0.3 is 5.97 Å². The van der Waals surface area contributed by atoms with Gasteiger partial charge < -0.3 is 35.6 Å². The minimum absolute atomic E-state index is 0.00352. The number of hydrogen-bond acceptors (Lipinski definition) is 9. The highest BCUT2D eigenvalue weighted by Crippen LogP contribution is 2.45. The van der Waals surface area contributed by atoms with Crippen molar-refractivity contribution in [2.24, 2.45) is 5.92 Å². The summed E-state index contributed by atoms with van der Waals surface area (Å²) < 4.78 is 11.6. The van der Waals surface area contributed by atoms with Crippen molar-refractivity contribution in [1.29, 1.82) is 0 Å². The first-order valence-electron chi connectivity index (χ1n) is 17.7. The number of phenolic OH excluding ortho intramolecular Hbond substituents is 1. The van der Waals surface area contributed by atoms with Crippen molar-refractivity contribution in [2.75, 3.05) is 23.5 Å². The van der Waals surface area contributed by atoms with Crippen LogP contribution in [0.15, 0.2) is 70.7 Å². The summed E-state index contributed by atoms with van der Waals surface area (Å²) in [5, 5.41) is 31.4. The van der Waals surface area contributed by atoms with Crippen LogP contribution in [0.25, 0.3) is 0 Å². The third-order valence-electron chi connectivity index (χ3n) is 9.84. The topological polar surface area (TPSA) is 163 Å². The zero-order valence-corrected chi connectivity index (χ0v) is 30.4. The van der Waals surface area contributed by atoms with E-state index < -0.39 is 35.7 Å². The summed E-state index contributed by atoms with van der Waals surface area (Å²) in [5.74, 6) is -1.66. The van der Waals surface area contributed by atoms with Crippen LogP contribution in [-0.4, -0.2) is 70.6 Å². The number of allylic oxidation sites excluding steroid dienone is 6. The van der Waals surface area contributed by atoms with Crippen LogP contribution in [0.1, 0.15) is 77.2 Å². The predicted octanol–water partition coefficient (Wildman–Crippen LogP) is 5.79. The summed E-state index contributed by atoms with van der Waals surface area (Å²) in [6.45, 7) is 3.64. The Morgan fingerprint density at radius 2 is 1.80 bits per heavy atom. The van der Waals surface area contributed by atoms with Gasteiger partial charge in [-0.05, 0) is 75.5 Å². The summed E-state index contributed by atoms with van der Waals surface area (Å²) >= 11 is 1.24. The van der Waals surface area contributed by atoms with Crippen LogP contribution in [0.2, 0.25) is 0 Å². The number of thioether (sulfide) groups is 1. The van der Waals surface area contributed by atoms with Gasteiger partial charge in [0.1, 0.15) is 17.4 Å². The summed E-state index contributed by atoms with van der Waals surface area (Å²) in [5.41, 5.74) is 1.61. The number of benzene rings is 1. The number of fused-ring (bicyclic) bond motifs is 4. The first-order valence-corrected chi connectivity index (χ1v) is 18.7. The van der Waals surface area contributed by atoms with Gasteiger partial charge in [0.25, 0.3) is 0 Å². The molecular formula is C39H49N3O8S. The van der Waals surface area contributed by atoms with Crippen LogP contribution in [0, 0.1) is 5.92 Å². The molecule has 11 nitrogen and oxygen atoms in total. The molecular weight excluding hydrogens is 671 g/mol. The number of aromatic hydroxyl groups is 1. The maximum atomic E-state index is 13.6. The third kappa shape index (κ3) is 9.81. The lowest BCUT2D eigenvalue weighted by Crippen LogP contribution is -2.47. The van der Waals surface area contributed by atoms with E-state index in [0.717, 1.165) is 24.8 Å². The number of ether oxygens (including phenoxy) is 2. The molecule has 0 unspecified atom stereocenters. The second-order valence-corrected chi connectivity index (χ2v) is 14.7. The van der Waals surface area contributed by atoms with Gasteiger partial charge in [-0.25, -0.2) is 4.79 Å². The van der Waals surface area contributed by atoms with Crippen LogP contribution >= 0.6 is 11.8 Å². The second kappa shape index (κ2) is 17.4. The Labute approximate surface area is 303 Å². The maximum Gasteiger partial charge on any atom is 0.332 e. The average Bonchev–Trinajstić information content (AvgIpc) is 3.91. The Morgan fingerprint density at radius 3 is 2.53 bits per heavy atom. The molecule has 0 saturated heterocycles. The maximum absolute atomic E-state index is 13.6. The number of carbonyl (C=O) groups excluding carboxylic acids is 4. The summed E-state index contributed by atoms with van der Waals surface area (Å²) in [6, 6.07) is 1.72. The van der Waals surface area contributed by atoms with Crippen molar-refractivity contribution in [2.45, 2.75) is 107 Å². The first-order chi connectivity index (χ1) is 24.5. The van der Waals surface area contributed by atoms with Crippen LogP contribution in [-0.2, 0) is 35.1 Å². The molecule has 12 heteroatoms. The fourth-order valence-electron chi connectivity index (χ4n) is 6.46. The number of nitrogens with one attached hydrogen (secondary N) is 3. The van der Waals surface area contributed by atoms with Gasteiger partial charge in [-0.1, -0.05) is 55.5 Å². The molecule has 274 valence electrons. The number of carbonyl (C=O) groups is 4. The summed E-state index contributed by atoms with van der Waals surface area (Å²) in [7, 11) is 1.51. The molecule has 2 heterocycles. The highest BCUT2D eigenvalue weighted by molar-refractivity contribution is 8.00. The van der Waals surface area contributed by atoms with E-state index >= 15 is 0 Å². The van der Waals surface area contributed by atoms with E-state index in [9.17, 15) is 29.4 Å². The van der Waals surface area contributed by atoms with Crippen LogP contribution < -0.4 is 16.0 Å². The van der Waals surface area contributed by atoms with Gasteiger partial charge in [-0.2, -0.15) is 0 Å². The largest absolute Gasteiger partial charge is 0.505 e. The molecule has 5 rings (SSSR count). The lowest BCUT2D eigenvalue weighted by Gasteiger charge is -2.30. The number of amides is 3. The van der Waals surface area contributed by atoms with Crippen LogP contribution in [0.5, 0.6) is 5.75 Å². The van der Waals surface area contributed by atoms with Crippen molar-refractivity contribution in [3.8, 4) is 5.75 Å². The first kappa shape index (κ1) is 38.1. The summed E-state index contributed by atoms with van der Waals surface area (Å²) in [4.78, 5) is 52.5. The minimum Gasteiger partial charge on any atom is -0.505 e. The van der Waals surface area contributed by atoms with Crippen molar-refractivity contribution in [3.05, 3.63) is 71.4 Å². The zero-order chi connectivity index (χ0) is 36.5. The Morgan fingerprint density at radius 1 is 1.02 bits per heavy atom. The smallest absolute Gasteiger partial charge is 0.332 e. The molecule has 2 bridgehead atoms. The normalized spacial score (nSPS) is 25.6. The molecule has 0 radical (unpaired) electrons. The van der Waals surface area contributed by atoms with E-state index in [2.05, 4.69) is 16.0 Å². The predicted molar refractivity (Wildman–Crippen MR) is 197 cm³/mol. The van der Waals surface area contributed by atoms with E-state index in [1.54, 1.807) is 30.4 Å². The molecule has 1 fully saturated rings. The lowest BCUT2D eigenvalue weighted by atomic mass is 9.90. The van der Waals surface area contributed by atoms with Gasteiger partial charge in [0, 0.05) is 25.0 Å². The molecule has 0 aromatic heterocycles. The van der Waals surface area contributed by atoms with E-state index in [1.807, 2.05) is 38.2 Å². The van der Waals surface area contributed by atoms with Crippen molar-refractivity contribution in [1.82, 2.24) is 5.32 Å². The average molecular weight is 720 g/mol. The molecule has 1 aromatic rings. The third-order valence-corrected chi connectivity index (χ3v) is 11.0. The molecule has 1 saturated carbocycles. The fourth-order valence-corrected chi connectivity index (χ4v) is 7.36. The Hall–Kier alpha value is -4.13. The van der Waals surface area contributed by atoms with Crippen LogP contribution in [0.4, 0.5) is 11.4 Å². The molecule has 51 heavy (non-hydrogen) atoms. The molecule has 2 aliphatic heterocycles. The number of aliphatic hydroxyl groups is 1. The van der Waals surface area contributed by atoms with Crippen molar-refractivity contribution < 1.29 is 38.9 Å². The van der Waals surface area contributed by atoms with E-state index in [4.69, 9.17) is 9.47 Å². The zero-order valence-electron chi connectivity index (χ0n) is 29.5. The number of hydrogen-bond donors (Lipinski definition) is 5. The molecule has 3 amide bonds. The monoisotopic (exact) mass is 719 g/mol. The van der Waals surface area contributed by atoms with Gasteiger partial charge in [-0.3, -0.25) is 14.4 Å². The SMILES string of the molecule is CO[C@H]1C=CC=CC=CC[C@H](OC(=O)C2(NC(=O)C3=CCCCC3)CC2)[C@H](C)[C@@H](O)C(C)=CCCc2cc3c(c(c2O)NC(=O)C1)SCC(=O)N3. The fraction of sp³-hybridized carbons (Fsp3) is 0.487. The Balaban J connectivity index is 1.38. The standard InChI is InChI=1S/C39H49N3O8S/c1-24-13-12-16-27-21-29-36(51-23-32(44)40-29)33(35(27)46)41-31(43)22-28(49-3)17-10-5-4-6-11-18-30(25(2)34(24)45)50-38(48)39(19-20-39)42-37(47)26-14-8-7-9-15-26/h4-6,10-11,13-14,17,21,25,28,30,34,45-46H,7-9,12,15-16,18-20,22-23H2,1-3H3,(H,40,44)(H,41,43)(H,42,47)/t25-,28-,30-,34-/m0/s1. The number of methoxy groups -OCH3 is 1. The van der Waals surface area contributed by atoms with Gasteiger partial charge in [0.2, 0.25) is 17.7 Å². The minimum atomic E-state index is -1.05. The number of phenols is 1. The van der Waals surface area contributed by atoms with E-state index in [-0.39, 0.29) is 41.3 Å². The molecule has 4 aliphatic rings. The van der Waals surface area contributed by atoms with Crippen molar-refractivity contribution in [3.63, 3.8) is 0 Å². The quantitative estimate of drug-likeness (QED) is 0.110. The number of aliphatic hydroxyl groups excluding tert-OH is 1. The lowest BCUT2D eigenvalue weighted by molar-refractivity contribution is -0.158. The Bertz CT molecular complexity index is 1660. The molecule has 1 aromatic carbocycles. The number of rotatable bonds is 5. The molecule has 4 atom stereocenters. The Kier molecular flexibility index (Phi) is 13.0. The van der Waals surface area contributed by atoms with Gasteiger partial charge in [0.15, 0.2) is 0 Å². The highest BCUT2D eigenvalue weighted by Gasteiger charge is 2.54. The van der Waals surface area contributed by atoms with Gasteiger partial charge in [-0.15, -0.1) is 11.8 Å². The molecule has 0 spiro atoms. The van der Waals surface area contributed by atoms with E-state index in [1.165, 1.54) is 18.9 Å². The highest BCUT2D eigenvalue weighted by atomic mass is 32.2. The van der Waals surface area contributed by atoms with E-state index in [0.29, 0.717) is 60.2 Å². The van der Waals surface area contributed by atoms with Crippen molar-refractivity contribution >= 4 is 46.8 Å². The molecule has 5 N–H and O–H groups in total. The number of esters is 1. The number of aryl methyl sites for hydroxylation is 1. The summed E-state index contributed by atoms with van der Waals surface area (Å²) in [6.07, 6.45) is 18.1. The van der Waals surface area contributed by atoms with Gasteiger partial charge in [0.05, 0.1) is 40.7 Å². The van der Waals surface area contributed by atoms with Crippen LogP contribution in [0.3, 0.4) is 0 Å². The number of anilines is 2.